The summed E-state index contributed by atoms with van der Waals surface area (Å²) in [7, 11) is 0. The van der Waals surface area contributed by atoms with Gasteiger partial charge in [-0.1, -0.05) is 12.0 Å². The lowest BCUT2D eigenvalue weighted by atomic mass is 10.1. The second-order valence-electron chi connectivity index (χ2n) is 4.44. The Morgan fingerprint density at radius 2 is 2.41 bits per heavy atom. The van der Waals surface area contributed by atoms with Gasteiger partial charge in [0.05, 0.1) is 6.54 Å². The van der Waals surface area contributed by atoms with E-state index in [1.54, 1.807) is 0 Å². The van der Waals surface area contributed by atoms with Gasteiger partial charge in [0.2, 0.25) is 5.89 Å². The lowest BCUT2D eigenvalue weighted by Gasteiger charge is -2.11. The Kier molecular flexibility index (Phi) is 4.33. The summed E-state index contributed by atoms with van der Waals surface area (Å²) in [4.78, 5) is 2.04. The number of nitrogens with zero attached hydrogens (tertiary/aromatic N) is 3. The van der Waals surface area contributed by atoms with Crippen LogP contribution in [0.5, 0.6) is 0 Å². The Balaban J connectivity index is 1.85. The summed E-state index contributed by atoms with van der Waals surface area (Å²) < 4.78 is 5.57. The van der Waals surface area contributed by atoms with Crippen LogP contribution >= 0.6 is 0 Å². The van der Waals surface area contributed by atoms with E-state index in [-0.39, 0.29) is 6.61 Å². The van der Waals surface area contributed by atoms with Gasteiger partial charge in [0.25, 0.3) is 0 Å². The summed E-state index contributed by atoms with van der Waals surface area (Å²) in [5, 5.41) is 20.3. The lowest BCUT2D eigenvalue weighted by Crippen LogP contribution is -2.20. The third kappa shape index (κ3) is 3.17. The molecule has 2 rings (SSSR count). The molecule has 1 aromatic heterocycles. The zero-order valence-corrected chi connectivity index (χ0v) is 10.2. The molecule has 1 aliphatic heterocycles. The highest BCUT2D eigenvalue weighted by molar-refractivity contribution is 5.26. The molecule has 0 amide bonds. The predicted octanol–water partition coefficient (Wildman–Crippen LogP) is 0.388. The van der Waals surface area contributed by atoms with Crippen LogP contribution in [0, 0.1) is 5.92 Å². The quantitative estimate of drug-likeness (QED) is 0.701. The van der Waals surface area contributed by atoms with Crippen LogP contribution in [0.15, 0.2) is 4.42 Å². The summed E-state index contributed by atoms with van der Waals surface area (Å²) in [6.07, 6.45) is 2.08. The number of aliphatic hydroxyl groups is 1. The molecule has 0 saturated carbocycles. The summed E-state index contributed by atoms with van der Waals surface area (Å²) in [6.45, 7) is 5.61. The normalized spacial score (nSPS) is 20.1. The SMILES string of the molecule is CCCNCc1nnc(N2CCC(CO)C2)o1. The highest BCUT2D eigenvalue weighted by Crippen LogP contribution is 2.22. The molecule has 96 valence electrons. The van der Waals surface area contributed by atoms with Crippen molar-refractivity contribution < 1.29 is 9.52 Å². The van der Waals surface area contributed by atoms with Gasteiger partial charge in [-0.25, -0.2) is 0 Å². The smallest absolute Gasteiger partial charge is 0.318 e. The fraction of sp³-hybridized carbons (Fsp3) is 0.818. The highest BCUT2D eigenvalue weighted by atomic mass is 16.4. The molecule has 6 nitrogen and oxygen atoms in total. The van der Waals surface area contributed by atoms with Crippen molar-refractivity contribution in [2.75, 3.05) is 31.1 Å². The highest BCUT2D eigenvalue weighted by Gasteiger charge is 2.25. The van der Waals surface area contributed by atoms with Crippen molar-refractivity contribution in [3.05, 3.63) is 5.89 Å². The third-order valence-corrected chi connectivity index (χ3v) is 2.97. The van der Waals surface area contributed by atoms with Crippen LogP contribution in [0.4, 0.5) is 6.01 Å². The zero-order chi connectivity index (χ0) is 12.1. The lowest BCUT2D eigenvalue weighted by molar-refractivity contribution is 0.238. The van der Waals surface area contributed by atoms with E-state index < -0.39 is 0 Å². The number of anilines is 1. The van der Waals surface area contributed by atoms with Gasteiger partial charge in [0.1, 0.15) is 0 Å². The van der Waals surface area contributed by atoms with Crippen LogP contribution < -0.4 is 10.2 Å². The summed E-state index contributed by atoms with van der Waals surface area (Å²) >= 11 is 0. The molecule has 1 atom stereocenters. The molecule has 0 spiro atoms. The molecule has 2 heterocycles. The predicted molar refractivity (Wildman–Crippen MR) is 63.7 cm³/mol. The average molecular weight is 240 g/mol. The van der Waals surface area contributed by atoms with E-state index in [2.05, 4.69) is 22.4 Å². The van der Waals surface area contributed by atoms with Gasteiger partial charge in [-0.2, -0.15) is 0 Å². The van der Waals surface area contributed by atoms with Crippen molar-refractivity contribution in [2.45, 2.75) is 26.3 Å². The summed E-state index contributed by atoms with van der Waals surface area (Å²) in [5.74, 6) is 0.962. The van der Waals surface area contributed by atoms with Crippen molar-refractivity contribution in [3.8, 4) is 0 Å². The Hall–Kier alpha value is -1.14. The van der Waals surface area contributed by atoms with Crippen LogP contribution in [0.25, 0.3) is 0 Å². The van der Waals surface area contributed by atoms with Gasteiger partial charge in [0, 0.05) is 25.6 Å². The monoisotopic (exact) mass is 240 g/mol. The molecule has 2 N–H and O–H groups in total. The molecule has 0 aromatic carbocycles. The largest absolute Gasteiger partial charge is 0.407 e. The van der Waals surface area contributed by atoms with Crippen LogP contribution in [-0.2, 0) is 6.54 Å². The minimum atomic E-state index is 0.232. The Bertz CT molecular complexity index is 342. The Morgan fingerprint density at radius 1 is 1.53 bits per heavy atom. The molecule has 1 aromatic rings. The van der Waals surface area contributed by atoms with Crippen molar-refractivity contribution in [2.24, 2.45) is 5.92 Å². The first kappa shape index (κ1) is 12.3. The van der Waals surface area contributed by atoms with Crippen LogP contribution in [-0.4, -0.2) is 41.5 Å². The Labute approximate surface area is 101 Å². The molecule has 1 unspecified atom stereocenters. The van der Waals surface area contributed by atoms with E-state index in [4.69, 9.17) is 9.52 Å². The number of rotatable bonds is 6. The first-order chi connectivity index (χ1) is 8.33. The molecule has 6 heteroatoms. The fourth-order valence-electron chi connectivity index (χ4n) is 1.97. The van der Waals surface area contributed by atoms with Crippen molar-refractivity contribution in [1.29, 1.82) is 0 Å². The fourth-order valence-corrected chi connectivity index (χ4v) is 1.97. The minimum absolute atomic E-state index is 0.232. The second kappa shape index (κ2) is 5.97. The van der Waals surface area contributed by atoms with Crippen molar-refractivity contribution >= 4 is 6.01 Å². The van der Waals surface area contributed by atoms with Crippen LogP contribution in [0.3, 0.4) is 0 Å². The average Bonchev–Trinajstić information content (AvgIpc) is 2.97. The number of hydrogen-bond donors (Lipinski definition) is 2. The molecule has 1 fully saturated rings. The van der Waals surface area contributed by atoms with Gasteiger partial charge < -0.3 is 19.7 Å². The molecule has 1 saturated heterocycles. The molecule has 17 heavy (non-hydrogen) atoms. The van der Waals surface area contributed by atoms with E-state index in [0.717, 1.165) is 32.5 Å². The van der Waals surface area contributed by atoms with Gasteiger partial charge in [-0.15, -0.1) is 5.10 Å². The van der Waals surface area contributed by atoms with Gasteiger partial charge >= 0.3 is 6.01 Å². The molecule has 0 radical (unpaired) electrons. The summed E-state index contributed by atoms with van der Waals surface area (Å²) in [6, 6.07) is 0.578. The molecule has 0 bridgehead atoms. The van der Waals surface area contributed by atoms with Crippen molar-refractivity contribution in [1.82, 2.24) is 15.5 Å². The van der Waals surface area contributed by atoms with Gasteiger partial charge in [0.15, 0.2) is 0 Å². The standard InChI is InChI=1S/C11H20N4O2/c1-2-4-12-6-10-13-14-11(17-10)15-5-3-9(7-15)8-16/h9,12,16H,2-8H2,1H3. The molecule has 1 aliphatic rings. The third-order valence-electron chi connectivity index (χ3n) is 2.97. The first-order valence-electron chi connectivity index (χ1n) is 6.22. The van der Waals surface area contributed by atoms with Gasteiger partial charge in [-0.05, 0) is 19.4 Å². The molecular formula is C11H20N4O2. The Morgan fingerprint density at radius 3 is 3.12 bits per heavy atom. The van der Waals surface area contributed by atoms with Crippen LogP contribution in [0.1, 0.15) is 25.7 Å². The number of hydrogen-bond acceptors (Lipinski definition) is 6. The van der Waals surface area contributed by atoms with Crippen molar-refractivity contribution in [3.63, 3.8) is 0 Å². The number of nitrogens with one attached hydrogen (secondary N) is 1. The van der Waals surface area contributed by atoms with E-state index in [9.17, 15) is 0 Å². The maximum Gasteiger partial charge on any atom is 0.318 e. The minimum Gasteiger partial charge on any atom is -0.407 e. The van der Waals surface area contributed by atoms with Gasteiger partial charge in [-0.3, -0.25) is 0 Å². The van der Waals surface area contributed by atoms with Crippen LogP contribution in [0.2, 0.25) is 0 Å². The zero-order valence-electron chi connectivity index (χ0n) is 10.2. The molecular weight excluding hydrogens is 220 g/mol. The maximum atomic E-state index is 9.08. The first-order valence-corrected chi connectivity index (χ1v) is 6.22. The number of aromatic nitrogens is 2. The number of aliphatic hydroxyl groups excluding tert-OH is 1. The van der Waals surface area contributed by atoms with E-state index in [0.29, 0.717) is 24.4 Å². The molecule has 0 aliphatic carbocycles. The maximum absolute atomic E-state index is 9.08. The van der Waals surface area contributed by atoms with E-state index >= 15 is 0 Å². The van der Waals surface area contributed by atoms with E-state index in [1.165, 1.54) is 0 Å². The van der Waals surface area contributed by atoms with E-state index in [1.807, 2.05) is 4.90 Å². The summed E-state index contributed by atoms with van der Waals surface area (Å²) in [5.41, 5.74) is 0. The topological polar surface area (TPSA) is 74.4 Å². The second-order valence-corrected chi connectivity index (χ2v) is 4.44.